The molecule has 0 radical (unpaired) electrons. The van der Waals surface area contributed by atoms with Crippen LogP contribution in [0, 0.1) is 6.92 Å². The van der Waals surface area contributed by atoms with Gasteiger partial charge in [0.2, 0.25) is 5.91 Å². The number of amides is 2. The standard InChI is InChI=1S/C26H31N5O2S/c1-19-6-2-3-7-21(19)16-30(18-23-9-5-13-34-23)22-14-24(25(32)29-12-10-27)31(17-22)26(33)20-8-4-11-28-15-20/h2-9,11,13,15,22,24H,10,12,14,16-18,27H2,1H3,(H,29,32). The number of likely N-dealkylation sites (tertiary alicyclic amines) is 1. The summed E-state index contributed by atoms with van der Waals surface area (Å²) >= 11 is 1.72. The molecule has 0 saturated carbocycles. The first-order valence-corrected chi connectivity index (χ1v) is 12.4. The van der Waals surface area contributed by atoms with Crippen LogP contribution < -0.4 is 11.1 Å². The summed E-state index contributed by atoms with van der Waals surface area (Å²) in [6.07, 6.45) is 3.76. The number of aryl methyl sites for hydroxylation is 1. The van der Waals surface area contributed by atoms with Gasteiger partial charge in [0.25, 0.3) is 5.91 Å². The Bertz CT molecular complexity index is 1090. The van der Waals surface area contributed by atoms with E-state index >= 15 is 0 Å². The lowest BCUT2D eigenvalue weighted by molar-refractivity contribution is -0.124. The van der Waals surface area contributed by atoms with Crippen LogP contribution in [0.3, 0.4) is 0 Å². The second kappa shape index (κ2) is 11.4. The van der Waals surface area contributed by atoms with Crippen molar-refractivity contribution in [3.8, 4) is 0 Å². The van der Waals surface area contributed by atoms with Crippen molar-refractivity contribution in [2.75, 3.05) is 19.6 Å². The fourth-order valence-corrected chi connectivity index (χ4v) is 5.17. The molecule has 8 heteroatoms. The SMILES string of the molecule is Cc1ccccc1CN(Cc1cccs1)C1CC(C(=O)NCCN)N(C(=O)c2cccnc2)C1. The monoisotopic (exact) mass is 477 g/mol. The molecule has 7 nitrogen and oxygen atoms in total. The van der Waals surface area contributed by atoms with Gasteiger partial charge in [0, 0.05) is 56.0 Å². The van der Waals surface area contributed by atoms with E-state index in [1.54, 1.807) is 40.8 Å². The first-order valence-electron chi connectivity index (χ1n) is 11.6. The molecule has 4 rings (SSSR count). The van der Waals surface area contributed by atoms with Gasteiger partial charge >= 0.3 is 0 Å². The number of nitrogens with one attached hydrogen (secondary N) is 1. The van der Waals surface area contributed by atoms with Crippen molar-refractivity contribution in [3.05, 3.63) is 87.9 Å². The van der Waals surface area contributed by atoms with Crippen LogP contribution in [0.5, 0.6) is 0 Å². The molecule has 1 fully saturated rings. The predicted octanol–water partition coefficient (Wildman–Crippen LogP) is 2.81. The van der Waals surface area contributed by atoms with Gasteiger partial charge in [-0.05, 0) is 48.1 Å². The van der Waals surface area contributed by atoms with Crippen LogP contribution in [-0.2, 0) is 17.9 Å². The topological polar surface area (TPSA) is 91.6 Å². The number of hydrogen-bond acceptors (Lipinski definition) is 6. The molecule has 3 aromatic rings. The van der Waals surface area contributed by atoms with Crippen molar-refractivity contribution in [2.45, 2.75) is 38.5 Å². The number of rotatable bonds is 9. The Morgan fingerprint density at radius 1 is 1.18 bits per heavy atom. The third-order valence-corrected chi connectivity index (χ3v) is 7.15. The molecule has 1 saturated heterocycles. The van der Waals surface area contributed by atoms with Crippen LogP contribution in [0.4, 0.5) is 0 Å². The zero-order valence-corrected chi connectivity index (χ0v) is 20.2. The average molecular weight is 478 g/mol. The summed E-state index contributed by atoms with van der Waals surface area (Å²) in [5.74, 6) is -0.326. The Kier molecular flexibility index (Phi) is 8.05. The minimum Gasteiger partial charge on any atom is -0.353 e. The second-order valence-electron chi connectivity index (χ2n) is 8.60. The van der Waals surface area contributed by atoms with Gasteiger partial charge in [-0.15, -0.1) is 11.3 Å². The lowest BCUT2D eigenvalue weighted by Gasteiger charge is -2.29. The van der Waals surface area contributed by atoms with Crippen LogP contribution in [0.25, 0.3) is 0 Å². The number of pyridine rings is 1. The zero-order valence-electron chi connectivity index (χ0n) is 19.4. The number of benzene rings is 1. The molecular formula is C26H31N5O2S. The maximum Gasteiger partial charge on any atom is 0.256 e. The molecule has 2 unspecified atom stereocenters. The van der Waals surface area contributed by atoms with Crippen LogP contribution in [0.15, 0.2) is 66.3 Å². The molecular weight excluding hydrogens is 446 g/mol. The number of carbonyl (C=O) groups excluding carboxylic acids is 2. The number of nitrogens with two attached hydrogens (primary N) is 1. The van der Waals surface area contributed by atoms with Crippen LogP contribution in [0.2, 0.25) is 0 Å². The van der Waals surface area contributed by atoms with Gasteiger partial charge < -0.3 is 16.0 Å². The average Bonchev–Trinajstić information content (AvgIpc) is 3.54. The van der Waals surface area contributed by atoms with Crippen molar-refractivity contribution in [1.82, 2.24) is 20.1 Å². The molecule has 2 aromatic heterocycles. The molecule has 3 heterocycles. The van der Waals surface area contributed by atoms with E-state index in [1.165, 1.54) is 16.0 Å². The molecule has 1 aliphatic rings. The number of nitrogens with zero attached hydrogens (tertiary/aromatic N) is 3. The number of hydrogen-bond donors (Lipinski definition) is 2. The van der Waals surface area contributed by atoms with E-state index in [4.69, 9.17) is 5.73 Å². The summed E-state index contributed by atoms with van der Waals surface area (Å²) in [6.45, 7) is 4.86. The summed E-state index contributed by atoms with van der Waals surface area (Å²) in [5.41, 5.74) is 8.57. The van der Waals surface area contributed by atoms with Crippen LogP contribution in [0.1, 0.15) is 32.8 Å². The third-order valence-electron chi connectivity index (χ3n) is 6.28. The van der Waals surface area contributed by atoms with E-state index in [1.807, 2.05) is 6.07 Å². The van der Waals surface area contributed by atoms with Gasteiger partial charge in [-0.2, -0.15) is 0 Å². The van der Waals surface area contributed by atoms with E-state index < -0.39 is 6.04 Å². The lowest BCUT2D eigenvalue weighted by atomic mass is 10.1. The Morgan fingerprint density at radius 3 is 2.74 bits per heavy atom. The van der Waals surface area contributed by atoms with E-state index in [0.717, 1.165) is 13.1 Å². The number of aromatic nitrogens is 1. The summed E-state index contributed by atoms with van der Waals surface area (Å²) in [5, 5.41) is 4.97. The molecule has 0 bridgehead atoms. The summed E-state index contributed by atoms with van der Waals surface area (Å²) in [7, 11) is 0. The zero-order chi connectivity index (χ0) is 23.9. The molecule has 0 aliphatic carbocycles. The summed E-state index contributed by atoms with van der Waals surface area (Å²) in [4.78, 5) is 35.9. The first-order chi connectivity index (χ1) is 16.6. The molecule has 2 atom stereocenters. The summed E-state index contributed by atoms with van der Waals surface area (Å²) in [6, 6.07) is 15.5. The van der Waals surface area contributed by atoms with E-state index in [2.05, 4.69) is 57.8 Å². The maximum absolute atomic E-state index is 13.4. The van der Waals surface area contributed by atoms with E-state index in [9.17, 15) is 9.59 Å². The quantitative estimate of drug-likeness (QED) is 0.495. The highest BCUT2D eigenvalue weighted by Gasteiger charge is 2.42. The van der Waals surface area contributed by atoms with Crippen molar-refractivity contribution in [1.29, 1.82) is 0 Å². The third kappa shape index (κ3) is 5.70. The van der Waals surface area contributed by atoms with Crippen molar-refractivity contribution >= 4 is 23.2 Å². The molecule has 1 aromatic carbocycles. The first kappa shape index (κ1) is 24.1. The highest BCUT2D eigenvalue weighted by molar-refractivity contribution is 7.09. The van der Waals surface area contributed by atoms with Crippen LogP contribution in [-0.4, -0.2) is 58.3 Å². The molecule has 178 valence electrons. The molecule has 34 heavy (non-hydrogen) atoms. The largest absolute Gasteiger partial charge is 0.353 e. The Hall–Kier alpha value is -3.07. The normalized spacial score (nSPS) is 17.8. The molecule has 3 N–H and O–H groups in total. The minimum absolute atomic E-state index is 0.0379. The smallest absolute Gasteiger partial charge is 0.256 e. The highest BCUT2D eigenvalue weighted by atomic mass is 32.1. The minimum atomic E-state index is -0.549. The predicted molar refractivity (Wildman–Crippen MR) is 134 cm³/mol. The Morgan fingerprint density at radius 2 is 2.03 bits per heavy atom. The fraction of sp³-hybridized carbons (Fsp3) is 0.346. The Labute approximate surface area is 204 Å². The molecule has 2 amide bonds. The molecule has 0 spiro atoms. The van der Waals surface area contributed by atoms with E-state index in [0.29, 0.717) is 31.6 Å². The van der Waals surface area contributed by atoms with Gasteiger partial charge in [-0.3, -0.25) is 19.5 Å². The Balaban J connectivity index is 1.61. The van der Waals surface area contributed by atoms with E-state index in [-0.39, 0.29) is 17.9 Å². The van der Waals surface area contributed by atoms with Gasteiger partial charge in [0.15, 0.2) is 0 Å². The lowest BCUT2D eigenvalue weighted by Crippen LogP contribution is -2.47. The van der Waals surface area contributed by atoms with Crippen molar-refractivity contribution in [3.63, 3.8) is 0 Å². The fourth-order valence-electron chi connectivity index (χ4n) is 4.44. The van der Waals surface area contributed by atoms with Gasteiger partial charge in [-0.1, -0.05) is 30.3 Å². The van der Waals surface area contributed by atoms with Crippen molar-refractivity contribution < 1.29 is 9.59 Å². The van der Waals surface area contributed by atoms with Gasteiger partial charge in [-0.25, -0.2) is 0 Å². The summed E-state index contributed by atoms with van der Waals surface area (Å²) < 4.78 is 0. The second-order valence-corrected chi connectivity index (χ2v) is 9.63. The van der Waals surface area contributed by atoms with Gasteiger partial charge in [0.05, 0.1) is 5.56 Å². The molecule has 1 aliphatic heterocycles. The number of thiophene rings is 1. The van der Waals surface area contributed by atoms with Crippen molar-refractivity contribution in [2.24, 2.45) is 5.73 Å². The number of carbonyl (C=O) groups is 2. The van der Waals surface area contributed by atoms with Gasteiger partial charge in [0.1, 0.15) is 6.04 Å². The maximum atomic E-state index is 13.4. The highest BCUT2D eigenvalue weighted by Crippen LogP contribution is 2.28. The van der Waals surface area contributed by atoms with Crippen LogP contribution >= 0.6 is 11.3 Å².